The first-order valence-electron chi connectivity index (χ1n) is 6.11. The van der Waals surface area contributed by atoms with E-state index in [1.807, 2.05) is 6.92 Å². The molecule has 2 atom stereocenters. The van der Waals surface area contributed by atoms with Gasteiger partial charge in [-0.25, -0.2) is 0 Å². The summed E-state index contributed by atoms with van der Waals surface area (Å²) >= 11 is 0. The van der Waals surface area contributed by atoms with Crippen LogP contribution in [0.2, 0.25) is 0 Å². The van der Waals surface area contributed by atoms with Crippen molar-refractivity contribution in [2.45, 2.75) is 59.1 Å². The van der Waals surface area contributed by atoms with Crippen LogP contribution in [0.1, 0.15) is 47.0 Å². The van der Waals surface area contributed by atoms with Crippen LogP contribution >= 0.6 is 0 Å². The van der Waals surface area contributed by atoms with Gasteiger partial charge in [-0.05, 0) is 46.6 Å². The average Bonchev–Trinajstić information content (AvgIpc) is 2.17. The van der Waals surface area contributed by atoms with Crippen molar-refractivity contribution < 1.29 is 4.74 Å². The lowest BCUT2D eigenvalue weighted by Gasteiger charge is -2.25. The van der Waals surface area contributed by atoms with Crippen molar-refractivity contribution in [3.63, 3.8) is 0 Å². The fourth-order valence-corrected chi connectivity index (χ4v) is 1.61. The van der Waals surface area contributed by atoms with Gasteiger partial charge in [-0.15, -0.1) is 6.58 Å². The van der Waals surface area contributed by atoms with Crippen LogP contribution in [0.5, 0.6) is 0 Å². The Bertz CT molecular complexity index is 168. The van der Waals surface area contributed by atoms with Crippen LogP contribution in [0, 0.1) is 0 Å². The van der Waals surface area contributed by atoms with Crippen molar-refractivity contribution in [1.82, 2.24) is 5.32 Å². The molecule has 2 nitrogen and oxygen atoms in total. The van der Waals surface area contributed by atoms with E-state index in [-0.39, 0.29) is 0 Å². The molecular formula is C13H27NO. The summed E-state index contributed by atoms with van der Waals surface area (Å²) in [7, 11) is 0. The molecule has 0 heterocycles. The lowest BCUT2D eigenvalue weighted by molar-refractivity contribution is 0.0454. The minimum Gasteiger partial charge on any atom is -0.377 e. The Morgan fingerprint density at radius 3 is 2.53 bits per heavy atom. The Morgan fingerprint density at radius 1 is 1.40 bits per heavy atom. The third kappa shape index (κ3) is 7.57. The van der Waals surface area contributed by atoms with E-state index in [0.29, 0.717) is 12.1 Å². The topological polar surface area (TPSA) is 21.3 Å². The number of allylic oxidation sites excluding steroid dienone is 1. The summed E-state index contributed by atoms with van der Waals surface area (Å²) in [6, 6.07) is 0.460. The molecule has 0 radical (unpaired) electrons. The molecule has 0 saturated carbocycles. The predicted octanol–water partition coefficient (Wildman–Crippen LogP) is 3.14. The second-order valence-electron chi connectivity index (χ2n) is 4.22. The molecule has 0 aromatic carbocycles. The van der Waals surface area contributed by atoms with Gasteiger partial charge in [0, 0.05) is 12.6 Å². The highest BCUT2D eigenvalue weighted by Gasteiger charge is 2.15. The summed E-state index contributed by atoms with van der Waals surface area (Å²) in [4.78, 5) is 0. The van der Waals surface area contributed by atoms with Crippen molar-refractivity contribution in [3.8, 4) is 0 Å². The highest BCUT2D eigenvalue weighted by atomic mass is 16.5. The fourth-order valence-electron chi connectivity index (χ4n) is 1.61. The highest BCUT2D eigenvalue weighted by molar-refractivity contribution is 4.90. The van der Waals surface area contributed by atoms with Crippen LogP contribution in [0.25, 0.3) is 0 Å². The van der Waals surface area contributed by atoms with Gasteiger partial charge in [0.05, 0.1) is 6.10 Å². The molecule has 0 aliphatic rings. The van der Waals surface area contributed by atoms with Crippen molar-refractivity contribution in [1.29, 1.82) is 0 Å². The number of hydrogen-bond acceptors (Lipinski definition) is 2. The molecule has 0 aromatic heterocycles. The van der Waals surface area contributed by atoms with Crippen molar-refractivity contribution >= 4 is 0 Å². The molecule has 0 aliphatic heterocycles. The van der Waals surface area contributed by atoms with Crippen LogP contribution in [0.3, 0.4) is 0 Å². The SMILES string of the molecule is C=C(C)CCC(NCCC)C(C)OCC. The molecule has 0 amide bonds. The quantitative estimate of drug-likeness (QED) is 0.594. The molecule has 0 saturated heterocycles. The van der Waals surface area contributed by atoms with E-state index in [1.165, 1.54) is 12.0 Å². The van der Waals surface area contributed by atoms with E-state index < -0.39 is 0 Å². The van der Waals surface area contributed by atoms with E-state index >= 15 is 0 Å². The van der Waals surface area contributed by atoms with E-state index in [2.05, 4.69) is 32.7 Å². The summed E-state index contributed by atoms with van der Waals surface area (Å²) < 4.78 is 5.64. The number of hydrogen-bond donors (Lipinski definition) is 1. The second kappa shape index (κ2) is 8.93. The van der Waals surface area contributed by atoms with Crippen molar-refractivity contribution in [2.24, 2.45) is 0 Å². The third-order valence-electron chi connectivity index (χ3n) is 2.53. The number of nitrogens with one attached hydrogen (secondary N) is 1. The Morgan fingerprint density at radius 2 is 2.07 bits per heavy atom. The summed E-state index contributed by atoms with van der Waals surface area (Å²) in [6.07, 6.45) is 3.67. The molecule has 0 bridgehead atoms. The van der Waals surface area contributed by atoms with Crippen LogP contribution in [-0.4, -0.2) is 25.3 Å². The van der Waals surface area contributed by atoms with Crippen LogP contribution in [-0.2, 0) is 4.74 Å². The van der Waals surface area contributed by atoms with Gasteiger partial charge >= 0.3 is 0 Å². The van der Waals surface area contributed by atoms with Gasteiger partial charge in [0.1, 0.15) is 0 Å². The molecular weight excluding hydrogens is 186 g/mol. The Balaban J connectivity index is 3.98. The van der Waals surface area contributed by atoms with Crippen LogP contribution in [0.15, 0.2) is 12.2 Å². The zero-order valence-electron chi connectivity index (χ0n) is 10.8. The molecule has 0 aromatic rings. The Hall–Kier alpha value is -0.340. The first-order valence-corrected chi connectivity index (χ1v) is 6.11. The van der Waals surface area contributed by atoms with Gasteiger partial charge in [-0.2, -0.15) is 0 Å². The summed E-state index contributed by atoms with van der Waals surface area (Å²) in [5.41, 5.74) is 1.25. The molecule has 0 spiro atoms. The zero-order valence-corrected chi connectivity index (χ0v) is 10.8. The lowest BCUT2D eigenvalue weighted by Crippen LogP contribution is -2.40. The molecule has 90 valence electrons. The van der Waals surface area contributed by atoms with E-state index in [1.54, 1.807) is 0 Å². The first-order chi connectivity index (χ1) is 7.11. The molecule has 2 unspecified atom stereocenters. The van der Waals surface area contributed by atoms with E-state index in [4.69, 9.17) is 4.74 Å². The van der Waals surface area contributed by atoms with E-state index in [0.717, 1.165) is 26.0 Å². The monoisotopic (exact) mass is 213 g/mol. The van der Waals surface area contributed by atoms with Gasteiger partial charge in [-0.3, -0.25) is 0 Å². The maximum atomic E-state index is 5.64. The third-order valence-corrected chi connectivity index (χ3v) is 2.53. The second-order valence-corrected chi connectivity index (χ2v) is 4.22. The van der Waals surface area contributed by atoms with Crippen LogP contribution in [0.4, 0.5) is 0 Å². The normalized spacial score (nSPS) is 14.9. The van der Waals surface area contributed by atoms with Crippen LogP contribution < -0.4 is 5.32 Å². The summed E-state index contributed by atoms with van der Waals surface area (Å²) in [6.45, 7) is 14.3. The van der Waals surface area contributed by atoms with Gasteiger partial charge in [0.15, 0.2) is 0 Å². The maximum absolute atomic E-state index is 5.64. The van der Waals surface area contributed by atoms with Gasteiger partial charge in [0.25, 0.3) is 0 Å². The minimum absolute atomic E-state index is 0.292. The van der Waals surface area contributed by atoms with Crippen molar-refractivity contribution in [3.05, 3.63) is 12.2 Å². The minimum atomic E-state index is 0.292. The number of ether oxygens (including phenoxy) is 1. The Kier molecular flexibility index (Phi) is 8.73. The smallest absolute Gasteiger partial charge is 0.0699 e. The molecule has 15 heavy (non-hydrogen) atoms. The number of rotatable bonds is 9. The summed E-state index contributed by atoms with van der Waals surface area (Å²) in [5.74, 6) is 0. The average molecular weight is 213 g/mol. The predicted molar refractivity (Wildman–Crippen MR) is 67.2 cm³/mol. The lowest BCUT2D eigenvalue weighted by atomic mass is 10.0. The van der Waals surface area contributed by atoms with Gasteiger partial charge in [0.2, 0.25) is 0 Å². The highest BCUT2D eigenvalue weighted by Crippen LogP contribution is 2.10. The molecule has 1 N–H and O–H groups in total. The maximum Gasteiger partial charge on any atom is 0.0699 e. The van der Waals surface area contributed by atoms with Crippen molar-refractivity contribution in [2.75, 3.05) is 13.2 Å². The molecule has 0 fully saturated rings. The van der Waals surface area contributed by atoms with Gasteiger partial charge in [-0.1, -0.05) is 12.5 Å². The van der Waals surface area contributed by atoms with Gasteiger partial charge < -0.3 is 10.1 Å². The fraction of sp³-hybridized carbons (Fsp3) is 0.846. The zero-order chi connectivity index (χ0) is 11.7. The van der Waals surface area contributed by atoms with E-state index in [9.17, 15) is 0 Å². The first kappa shape index (κ1) is 14.7. The standard InChI is InChI=1S/C13H27NO/c1-6-10-14-13(9-8-11(3)4)12(5)15-7-2/h12-14H,3,6-10H2,1-2,4-5H3. The largest absolute Gasteiger partial charge is 0.377 e. The molecule has 0 aliphatic carbocycles. The summed E-state index contributed by atoms with van der Waals surface area (Å²) in [5, 5.41) is 3.54. The molecule has 0 rings (SSSR count). The molecule has 2 heteroatoms. The Labute approximate surface area is 95.1 Å².